The molecule has 5 nitrogen and oxygen atoms in total. The lowest BCUT2D eigenvalue weighted by Gasteiger charge is -2.00. The topological polar surface area (TPSA) is 72.0 Å². The third-order valence-corrected chi connectivity index (χ3v) is 1.30. The van der Waals surface area contributed by atoms with E-state index in [2.05, 4.69) is 9.97 Å². The lowest BCUT2D eigenvalue weighted by molar-refractivity contribution is -0.121. The summed E-state index contributed by atoms with van der Waals surface area (Å²) >= 11 is 0. The van der Waals surface area contributed by atoms with Crippen LogP contribution in [0.3, 0.4) is 0 Å². The minimum Gasteiger partial charge on any atom is -0.367 e. The van der Waals surface area contributed by atoms with E-state index >= 15 is 0 Å². The van der Waals surface area contributed by atoms with E-state index in [4.69, 9.17) is 4.74 Å². The third kappa shape index (κ3) is 6.56. The molecule has 1 aromatic heterocycles. The van der Waals surface area contributed by atoms with Crippen LogP contribution in [0.25, 0.3) is 0 Å². The van der Waals surface area contributed by atoms with Gasteiger partial charge < -0.3 is 9.72 Å². The van der Waals surface area contributed by atoms with Gasteiger partial charge in [0.2, 0.25) is 0 Å². The zero-order valence-electron chi connectivity index (χ0n) is 9.24. The lowest BCUT2D eigenvalue weighted by atomic mass is 10.4. The number of aromatic nitrogens is 2. The van der Waals surface area contributed by atoms with Crippen molar-refractivity contribution in [3.8, 4) is 0 Å². The predicted octanol–water partition coefficient (Wildman–Crippen LogP) is 0.902. The van der Waals surface area contributed by atoms with Crippen LogP contribution in [0.15, 0.2) is 17.1 Å². The number of hydrogen-bond donors (Lipinski definition) is 1. The number of nitrogens with zero attached hydrogens (tertiary/aromatic N) is 1. The second-order valence-electron chi connectivity index (χ2n) is 2.60. The fourth-order valence-electron chi connectivity index (χ4n) is 0.795. The van der Waals surface area contributed by atoms with Gasteiger partial charge in [0.1, 0.15) is 6.61 Å². The molecule has 0 aliphatic carbocycles. The van der Waals surface area contributed by atoms with Crippen LogP contribution in [0.5, 0.6) is 0 Å². The number of H-pyrrole nitrogens is 1. The average Bonchev–Trinajstić information content (AvgIpc) is 2.20. The molecule has 0 aliphatic heterocycles. The van der Waals surface area contributed by atoms with Crippen LogP contribution in [-0.4, -0.2) is 22.4 Å². The zero-order chi connectivity index (χ0) is 11.7. The summed E-state index contributed by atoms with van der Waals surface area (Å²) in [7, 11) is 0. The van der Waals surface area contributed by atoms with E-state index in [9.17, 15) is 9.59 Å². The van der Waals surface area contributed by atoms with E-state index in [0.29, 0.717) is 5.69 Å². The van der Waals surface area contributed by atoms with Crippen molar-refractivity contribution in [3.63, 3.8) is 0 Å². The van der Waals surface area contributed by atoms with Gasteiger partial charge in [-0.15, -0.1) is 0 Å². The quantitative estimate of drug-likeness (QED) is 0.804. The van der Waals surface area contributed by atoms with Gasteiger partial charge in [-0.1, -0.05) is 13.8 Å². The maximum absolute atomic E-state index is 10.7. The number of nitrogens with one attached hydrogen (secondary N) is 1. The molecule has 1 N–H and O–H groups in total. The van der Waals surface area contributed by atoms with Gasteiger partial charge in [-0.3, -0.25) is 4.79 Å². The van der Waals surface area contributed by atoms with Crippen molar-refractivity contribution in [1.82, 2.24) is 9.97 Å². The number of rotatable bonds is 4. The molecule has 0 fully saturated rings. The average molecular weight is 212 g/mol. The number of hydrogen-bond acceptors (Lipinski definition) is 4. The second kappa shape index (κ2) is 7.87. The molecule has 1 rings (SSSR count). The highest BCUT2D eigenvalue weighted by atomic mass is 16.5. The van der Waals surface area contributed by atoms with E-state index in [-0.39, 0.29) is 19.0 Å². The monoisotopic (exact) mass is 212 g/mol. The Bertz CT molecular complexity index is 347. The number of carbonyl (C=O) groups excluding carboxylic acids is 1. The molecule has 0 unspecified atom stereocenters. The van der Waals surface area contributed by atoms with Crippen LogP contribution in [-0.2, 0) is 16.1 Å². The maximum atomic E-state index is 10.7. The molecule has 0 saturated heterocycles. The van der Waals surface area contributed by atoms with Gasteiger partial charge in [0.25, 0.3) is 0 Å². The fraction of sp³-hybridized carbons (Fsp3) is 0.500. The first kappa shape index (κ1) is 13.5. The molecule has 5 heteroatoms. The van der Waals surface area contributed by atoms with Crippen molar-refractivity contribution in [1.29, 1.82) is 0 Å². The standard InChI is InChI=1S/C8H10N2O3.C2H6/c1-6(11)4-13-5-7-2-3-9-8(12)10-7;1-2/h2-3H,4-5H2,1H3,(H,9,10,12);1-2H3. The van der Waals surface area contributed by atoms with Crippen molar-refractivity contribution in [2.24, 2.45) is 0 Å². The van der Waals surface area contributed by atoms with Crippen molar-refractivity contribution < 1.29 is 9.53 Å². The molecule has 0 aliphatic rings. The highest BCUT2D eigenvalue weighted by Crippen LogP contribution is 1.91. The Kier molecular flexibility index (Phi) is 7.09. The van der Waals surface area contributed by atoms with Crippen LogP contribution in [0, 0.1) is 0 Å². The first-order valence-electron chi connectivity index (χ1n) is 4.80. The molecule has 0 saturated carbocycles. The van der Waals surface area contributed by atoms with E-state index in [0.717, 1.165) is 0 Å². The lowest BCUT2D eigenvalue weighted by Crippen LogP contribution is -2.13. The predicted molar refractivity (Wildman–Crippen MR) is 56.5 cm³/mol. The Morgan fingerprint density at radius 3 is 2.73 bits per heavy atom. The molecule has 15 heavy (non-hydrogen) atoms. The SMILES string of the molecule is CC.CC(=O)COCc1ccnc(=O)[nH]1. The molecule has 0 radical (unpaired) electrons. The summed E-state index contributed by atoms with van der Waals surface area (Å²) in [5.74, 6) is -0.0450. The Balaban J connectivity index is 0.000000921. The maximum Gasteiger partial charge on any atom is 0.345 e. The number of carbonyl (C=O) groups is 1. The van der Waals surface area contributed by atoms with E-state index < -0.39 is 5.69 Å². The Morgan fingerprint density at radius 1 is 1.53 bits per heavy atom. The molecule has 84 valence electrons. The van der Waals surface area contributed by atoms with Crippen LogP contribution in [0.4, 0.5) is 0 Å². The molecular formula is C10H16N2O3. The molecule has 1 heterocycles. The number of Topliss-reactive ketones (excluding diaryl/α,β-unsaturated/α-hetero) is 1. The largest absolute Gasteiger partial charge is 0.367 e. The molecule has 0 amide bonds. The van der Waals surface area contributed by atoms with Gasteiger partial charge in [0.05, 0.1) is 6.61 Å². The summed E-state index contributed by atoms with van der Waals surface area (Å²) in [6, 6.07) is 1.63. The van der Waals surface area contributed by atoms with Gasteiger partial charge in [-0.25, -0.2) is 9.78 Å². The van der Waals surface area contributed by atoms with Crippen LogP contribution >= 0.6 is 0 Å². The summed E-state index contributed by atoms with van der Waals surface area (Å²) in [6.45, 7) is 5.72. The van der Waals surface area contributed by atoms with E-state index in [1.165, 1.54) is 13.1 Å². The summed E-state index contributed by atoms with van der Waals surface area (Å²) in [5.41, 5.74) is 0.199. The van der Waals surface area contributed by atoms with Crippen LogP contribution in [0.1, 0.15) is 26.5 Å². The van der Waals surface area contributed by atoms with E-state index in [1.54, 1.807) is 6.07 Å². The fourth-order valence-corrected chi connectivity index (χ4v) is 0.795. The van der Waals surface area contributed by atoms with Gasteiger partial charge >= 0.3 is 5.69 Å². The summed E-state index contributed by atoms with van der Waals surface area (Å²) < 4.78 is 4.99. The molecule has 0 bridgehead atoms. The molecule has 0 spiro atoms. The summed E-state index contributed by atoms with van der Waals surface area (Å²) in [6.07, 6.45) is 1.39. The van der Waals surface area contributed by atoms with Crippen molar-refractivity contribution in [3.05, 3.63) is 28.4 Å². The van der Waals surface area contributed by atoms with Crippen molar-refractivity contribution in [2.45, 2.75) is 27.4 Å². The zero-order valence-corrected chi connectivity index (χ0v) is 9.24. The highest BCUT2D eigenvalue weighted by Gasteiger charge is 1.96. The van der Waals surface area contributed by atoms with Gasteiger partial charge in [-0.2, -0.15) is 0 Å². The minimum atomic E-state index is -0.413. The smallest absolute Gasteiger partial charge is 0.345 e. The Labute approximate surface area is 88.5 Å². The van der Waals surface area contributed by atoms with Crippen molar-refractivity contribution >= 4 is 5.78 Å². The van der Waals surface area contributed by atoms with E-state index in [1.807, 2.05) is 13.8 Å². The van der Waals surface area contributed by atoms with Gasteiger partial charge in [0.15, 0.2) is 5.78 Å². The van der Waals surface area contributed by atoms with Crippen molar-refractivity contribution in [2.75, 3.05) is 6.61 Å². The molecule has 0 atom stereocenters. The van der Waals surface area contributed by atoms with Gasteiger partial charge in [0, 0.05) is 11.9 Å². The third-order valence-electron chi connectivity index (χ3n) is 1.30. The number of aromatic amines is 1. The van der Waals surface area contributed by atoms with Crippen LogP contribution < -0.4 is 5.69 Å². The normalized spacial score (nSPS) is 9.00. The Morgan fingerprint density at radius 2 is 2.20 bits per heavy atom. The molecular weight excluding hydrogens is 196 g/mol. The first-order chi connectivity index (χ1) is 7.18. The Hall–Kier alpha value is -1.49. The number of ketones is 1. The molecule has 0 aromatic carbocycles. The molecule has 1 aromatic rings. The summed E-state index contributed by atoms with van der Waals surface area (Å²) in [5, 5.41) is 0. The van der Waals surface area contributed by atoms with Gasteiger partial charge in [-0.05, 0) is 13.0 Å². The highest BCUT2D eigenvalue weighted by molar-refractivity contribution is 5.76. The second-order valence-corrected chi connectivity index (χ2v) is 2.60. The first-order valence-corrected chi connectivity index (χ1v) is 4.80. The number of ether oxygens (including phenoxy) is 1. The van der Waals surface area contributed by atoms with Crippen LogP contribution in [0.2, 0.25) is 0 Å². The summed E-state index contributed by atoms with van der Waals surface area (Å²) in [4.78, 5) is 27.1. The minimum absolute atomic E-state index is 0.0450.